The second-order valence-electron chi connectivity index (χ2n) is 4.58. The summed E-state index contributed by atoms with van der Waals surface area (Å²) >= 11 is 0. The summed E-state index contributed by atoms with van der Waals surface area (Å²) in [5.74, 6) is 0.715. The largest absolute Gasteiger partial charge is 0.325 e. The van der Waals surface area contributed by atoms with Gasteiger partial charge >= 0.3 is 0 Å². The lowest BCUT2D eigenvalue weighted by molar-refractivity contribution is 0.109. The Balaban J connectivity index is 2.31. The Bertz CT molecular complexity index is 444. The fourth-order valence-corrected chi connectivity index (χ4v) is 2.10. The van der Waals surface area contributed by atoms with E-state index >= 15 is 0 Å². The minimum atomic E-state index is -0.128. The summed E-state index contributed by atoms with van der Waals surface area (Å²) in [7, 11) is 4.12. The van der Waals surface area contributed by atoms with E-state index in [9.17, 15) is 4.79 Å². The van der Waals surface area contributed by atoms with Gasteiger partial charge in [-0.15, -0.1) is 0 Å². The number of H-pyrrole nitrogens is 1. The number of aromatic amines is 1. The van der Waals surface area contributed by atoms with Gasteiger partial charge < -0.3 is 15.6 Å². The maximum atomic E-state index is 11.5. The molecule has 6 heteroatoms. The topological polar surface area (TPSA) is 78.2 Å². The molecular weight excluding hydrogens is 218 g/mol. The summed E-state index contributed by atoms with van der Waals surface area (Å²) in [5.41, 5.74) is 6.06. The smallest absolute Gasteiger partial charge is 0.251 e. The van der Waals surface area contributed by atoms with Crippen LogP contribution in [0.5, 0.6) is 0 Å². The standard InChI is InChI=1S/C11H19N5O/c1-15-3-4-16(2)9(7-15)11-13-8(6-12)5-10(17)14-11/h5,9H,3-4,6-7,12H2,1-2H3,(H,13,14,17). The first-order chi connectivity index (χ1) is 8.10. The van der Waals surface area contributed by atoms with Gasteiger partial charge in [-0.3, -0.25) is 9.69 Å². The van der Waals surface area contributed by atoms with Crippen molar-refractivity contribution in [1.29, 1.82) is 0 Å². The minimum absolute atomic E-state index is 0.128. The Kier molecular flexibility index (Phi) is 3.56. The molecule has 1 unspecified atom stereocenters. The van der Waals surface area contributed by atoms with E-state index in [2.05, 4.69) is 26.8 Å². The molecule has 1 aromatic heterocycles. The first-order valence-corrected chi connectivity index (χ1v) is 5.79. The number of hydrogen-bond donors (Lipinski definition) is 2. The monoisotopic (exact) mass is 237 g/mol. The second-order valence-corrected chi connectivity index (χ2v) is 4.58. The SMILES string of the molecule is CN1CCN(C)C(c2nc(CN)cc(=O)[nH]2)C1. The van der Waals surface area contributed by atoms with Crippen molar-refractivity contribution in [2.75, 3.05) is 33.7 Å². The average Bonchev–Trinajstić information content (AvgIpc) is 2.31. The van der Waals surface area contributed by atoms with Crippen LogP contribution in [0.25, 0.3) is 0 Å². The van der Waals surface area contributed by atoms with Crippen molar-refractivity contribution in [1.82, 2.24) is 19.8 Å². The van der Waals surface area contributed by atoms with Crippen molar-refractivity contribution in [3.63, 3.8) is 0 Å². The highest BCUT2D eigenvalue weighted by atomic mass is 16.1. The van der Waals surface area contributed by atoms with Crippen LogP contribution in [0.4, 0.5) is 0 Å². The zero-order valence-electron chi connectivity index (χ0n) is 10.3. The summed E-state index contributed by atoms with van der Waals surface area (Å²) in [6.07, 6.45) is 0. The van der Waals surface area contributed by atoms with Crippen molar-refractivity contribution in [2.45, 2.75) is 12.6 Å². The van der Waals surface area contributed by atoms with Gasteiger partial charge in [0.15, 0.2) is 0 Å². The van der Waals surface area contributed by atoms with Gasteiger partial charge in [-0.05, 0) is 14.1 Å². The van der Waals surface area contributed by atoms with E-state index in [1.807, 2.05) is 7.05 Å². The predicted octanol–water partition coefficient (Wildman–Crippen LogP) is -0.853. The number of nitrogens with one attached hydrogen (secondary N) is 1. The third-order valence-electron chi connectivity index (χ3n) is 3.19. The molecule has 94 valence electrons. The van der Waals surface area contributed by atoms with Gasteiger partial charge in [0.2, 0.25) is 0 Å². The molecular formula is C11H19N5O. The Hall–Kier alpha value is -1.24. The van der Waals surface area contributed by atoms with Crippen LogP contribution < -0.4 is 11.3 Å². The molecule has 1 aliphatic heterocycles. The van der Waals surface area contributed by atoms with Gasteiger partial charge in [-0.1, -0.05) is 0 Å². The Labute approximate surface area is 100 Å². The van der Waals surface area contributed by atoms with Crippen molar-refractivity contribution in [3.8, 4) is 0 Å². The molecule has 1 aromatic rings. The highest BCUT2D eigenvalue weighted by Gasteiger charge is 2.25. The summed E-state index contributed by atoms with van der Waals surface area (Å²) in [4.78, 5) is 23.2. The van der Waals surface area contributed by atoms with E-state index in [-0.39, 0.29) is 11.6 Å². The highest BCUT2D eigenvalue weighted by Crippen LogP contribution is 2.19. The molecule has 0 bridgehead atoms. The summed E-state index contributed by atoms with van der Waals surface area (Å²) < 4.78 is 0. The molecule has 0 spiro atoms. The van der Waals surface area contributed by atoms with Crippen LogP contribution in [-0.2, 0) is 6.54 Å². The maximum Gasteiger partial charge on any atom is 0.251 e. The van der Waals surface area contributed by atoms with Crippen molar-refractivity contribution in [3.05, 3.63) is 27.9 Å². The van der Waals surface area contributed by atoms with Gasteiger partial charge in [-0.25, -0.2) is 4.98 Å². The van der Waals surface area contributed by atoms with Gasteiger partial charge in [-0.2, -0.15) is 0 Å². The highest BCUT2D eigenvalue weighted by molar-refractivity contribution is 5.06. The third-order valence-corrected chi connectivity index (χ3v) is 3.19. The molecule has 0 aliphatic carbocycles. The number of piperazine rings is 1. The lowest BCUT2D eigenvalue weighted by Crippen LogP contribution is -2.45. The Morgan fingerprint density at radius 1 is 1.53 bits per heavy atom. The lowest BCUT2D eigenvalue weighted by Gasteiger charge is -2.36. The van der Waals surface area contributed by atoms with Crippen LogP contribution in [0.15, 0.2) is 10.9 Å². The number of hydrogen-bond acceptors (Lipinski definition) is 5. The van der Waals surface area contributed by atoms with E-state index in [1.54, 1.807) is 0 Å². The van der Waals surface area contributed by atoms with Gasteiger partial charge in [0.05, 0.1) is 11.7 Å². The van der Waals surface area contributed by atoms with Gasteiger partial charge in [0.1, 0.15) is 5.82 Å². The van der Waals surface area contributed by atoms with Gasteiger partial charge in [0, 0.05) is 32.2 Å². The number of likely N-dealkylation sites (N-methyl/N-ethyl adjacent to an activating group) is 2. The third kappa shape index (κ3) is 2.71. The molecule has 2 rings (SSSR count). The normalized spacial score (nSPS) is 22.9. The summed E-state index contributed by atoms with van der Waals surface area (Å²) in [6, 6.07) is 1.59. The van der Waals surface area contributed by atoms with Crippen LogP contribution in [0.1, 0.15) is 17.6 Å². The van der Waals surface area contributed by atoms with E-state index < -0.39 is 0 Å². The van der Waals surface area contributed by atoms with Gasteiger partial charge in [0.25, 0.3) is 5.56 Å². The first-order valence-electron chi connectivity index (χ1n) is 5.79. The summed E-state index contributed by atoms with van der Waals surface area (Å²) in [5, 5.41) is 0. The fraction of sp³-hybridized carbons (Fsp3) is 0.636. The Morgan fingerprint density at radius 2 is 2.29 bits per heavy atom. The van der Waals surface area contributed by atoms with Crippen LogP contribution in [0, 0.1) is 0 Å². The molecule has 1 atom stereocenters. The van der Waals surface area contributed by atoms with E-state index in [0.717, 1.165) is 19.6 Å². The molecule has 6 nitrogen and oxygen atoms in total. The zero-order chi connectivity index (χ0) is 12.4. The molecule has 0 amide bonds. The lowest BCUT2D eigenvalue weighted by atomic mass is 10.1. The van der Waals surface area contributed by atoms with Crippen LogP contribution >= 0.6 is 0 Å². The minimum Gasteiger partial charge on any atom is -0.325 e. The van der Waals surface area contributed by atoms with Crippen LogP contribution in [0.3, 0.4) is 0 Å². The van der Waals surface area contributed by atoms with Crippen molar-refractivity contribution in [2.24, 2.45) is 5.73 Å². The maximum absolute atomic E-state index is 11.5. The molecule has 0 radical (unpaired) electrons. The number of nitrogens with two attached hydrogens (primary N) is 1. The van der Waals surface area contributed by atoms with E-state index in [0.29, 0.717) is 18.1 Å². The molecule has 17 heavy (non-hydrogen) atoms. The molecule has 1 saturated heterocycles. The fourth-order valence-electron chi connectivity index (χ4n) is 2.10. The average molecular weight is 237 g/mol. The number of nitrogens with zero attached hydrogens (tertiary/aromatic N) is 3. The van der Waals surface area contributed by atoms with Crippen molar-refractivity contribution >= 4 is 0 Å². The molecule has 0 saturated carbocycles. The number of aromatic nitrogens is 2. The zero-order valence-corrected chi connectivity index (χ0v) is 10.3. The first kappa shape index (κ1) is 12.2. The predicted molar refractivity (Wildman–Crippen MR) is 65.6 cm³/mol. The Morgan fingerprint density at radius 3 is 3.00 bits per heavy atom. The van der Waals surface area contributed by atoms with Crippen LogP contribution in [0.2, 0.25) is 0 Å². The van der Waals surface area contributed by atoms with E-state index in [1.165, 1.54) is 6.07 Å². The number of rotatable bonds is 2. The van der Waals surface area contributed by atoms with Crippen molar-refractivity contribution < 1.29 is 0 Å². The molecule has 1 aliphatic rings. The second kappa shape index (κ2) is 4.95. The molecule has 2 heterocycles. The van der Waals surface area contributed by atoms with Crippen LogP contribution in [-0.4, -0.2) is 53.5 Å². The molecule has 3 N–H and O–H groups in total. The quantitative estimate of drug-likeness (QED) is 0.700. The van der Waals surface area contributed by atoms with E-state index in [4.69, 9.17) is 5.73 Å². The molecule has 1 fully saturated rings. The summed E-state index contributed by atoms with van der Waals surface area (Å²) in [6.45, 7) is 3.17. The molecule has 0 aromatic carbocycles.